The van der Waals surface area contributed by atoms with E-state index in [2.05, 4.69) is 4.40 Å². The smallest absolute Gasteiger partial charge is 0.289 e. The Morgan fingerprint density at radius 1 is 1.38 bits per heavy atom. The zero-order valence-corrected chi connectivity index (χ0v) is 9.36. The number of rotatable bonds is 3. The summed E-state index contributed by atoms with van der Waals surface area (Å²) in [5.41, 5.74) is 15.9. The maximum Gasteiger partial charge on any atom is 0.289 e. The van der Waals surface area contributed by atoms with Gasteiger partial charge in [-0.15, -0.1) is 4.40 Å². The van der Waals surface area contributed by atoms with Gasteiger partial charge in [-0.05, 0) is 12.1 Å². The van der Waals surface area contributed by atoms with Crippen molar-refractivity contribution in [1.82, 2.24) is 0 Å². The summed E-state index contributed by atoms with van der Waals surface area (Å²) in [6, 6.07) is 4.06. The number of ether oxygens (including phenoxy) is 1. The first-order valence-electron chi connectivity index (χ1n) is 4.16. The molecule has 0 bridgehead atoms. The molecule has 0 amide bonds. The van der Waals surface area contributed by atoms with E-state index in [0.29, 0.717) is 5.69 Å². The van der Waals surface area contributed by atoms with Crippen LogP contribution in [0.4, 0.5) is 5.69 Å². The van der Waals surface area contributed by atoms with Crippen molar-refractivity contribution < 1.29 is 13.2 Å². The molecule has 16 heavy (non-hydrogen) atoms. The first-order valence-corrected chi connectivity index (χ1v) is 5.60. The fourth-order valence-electron chi connectivity index (χ4n) is 1.09. The molecular weight excluding hydrogens is 232 g/mol. The van der Waals surface area contributed by atoms with Gasteiger partial charge >= 0.3 is 0 Å². The van der Waals surface area contributed by atoms with E-state index in [-0.39, 0.29) is 10.6 Å². The van der Waals surface area contributed by atoms with Crippen LogP contribution in [0.3, 0.4) is 0 Å². The van der Waals surface area contributed by atoms with Gasteiger partial charge in [0.2, 0.25) is 5.96 Å². The molecule has 6 N–H and O–H groups in total. The van der Waals surface area contributed by atoms with E-state index in [1.54, 1.807) is 0 Å². The number of nitrogens with zero attached hydrogens (tertiary/aromatic N) is 1. The van der Waals surface area contributed by atoms with Gasteiger partial charge in [0.1, 0.15) is 10.6 Å². The molecule has 0 saturated heterocycles. The van der Waals surface area contributed by atoms with E-state index in [4.69, 9.17) is 21.9 Å². The zero-order valence-electron chi connectivity index (χ0n) is 8.54. The van der Waals surface area contributed by atoms with Crippen LogP contribution in [-0.2, 0) is 10.0 Å². The third-order valence-corrected chi connectivity index (χ3v) is 3.04. The molecule has 0 aromatic heterocycles. The van der Waals surface area contributed by atoms with E-state index in [1.165, 1.54) is 25.3 Å². The Balaban J connectivity index is 3.39. The van der Waals surface area contributed by atoms with Crippen LogP contribution in [0.15, 0.2) is 27.5 Å². The van der Waals surface area contributed by atoms with Crippen molar-refractivity contribution in [2.45, 2.75) is 4.90 Å². The maximum atomic E-state index is 11.7. The summed E-state index contributed by atoms with van der Waals surface area (Å²) >= 11 is 0. The minimum Gasteiger partial charge on any atom is -0.495 e. The van der Waals surface area contributed by atoms with Crippen molar-refractivity contribution in [3.8, 4) is 5.75 Å². The minimum atomic E-state index is -3.96. The number of hydrogen-bond acceptors (Lipinski definition) is 4. The van der Waals surface area contributed by atoms with Gasteiger partial charge in [-0.2, -0.15) is 8.42 Å². The quantitative estimate of drug-likeness (QED) is 0.363. The second-order valence-electron chi connectivity index (χ2n) is 2.90. The van der Waals surface area contributed by atoms with Crippen molar-refractivity contribution in [3.05, 3.63) is 18.2 Å². The molecule has 0 unspecified atom stereocenters. The molecule has 7 nitrogen and oxygen atoms in total. The normalized spacial score (nSPS) is 10.8. The summed E-state index contributed by atoms with van der Waals surface area (Å²) in [4.78, 5) is -0.141. The first-order chi connectivity index (χ1) is 7.36. The molecule has 0 fully saturated rings. The molecule has 0 saturated carbocycles. The van der Waals surface area contributed by atoms with Gasteiger partial charge < -0.3 is 21.9 Å². The third kappa shape index (κ3) is 2.54. The summed E-state index contributed by atoms with van der Waals surface area (Å²) in [7, 11) is -2.64. The fraction of sp³-hybridized carbons (Fsp3) is 0.125. The molecule has 0 atom stereocenters. The number of nitrogens with two attached hydrogens (primary N) is 3. The van der Waals surface area contributed by atoms with Crippen molar-refractivity contribution in [1.29, 1.82) is 0 Å². The summed E-state index contributed by atoms with van der Waals surface area (Å²) in [6.07, 6.45) is 0. The predicted octanol–water partition coefficient (Wildman–Crippen LogP) is -0.760. The molecule has 1 aromatic carbocycles. The highest BCUT2D eigenvalue weighted by Crippen LogP contribution is 2.27. The van der Waals surface area contributed by atoms with E-state index in [9.17, 15) is 8.42 Å². The van der Waals surface area contributed by atoms with E-state index in [0.717, 1.165) is 0 Å². The highest BCUT2D eigenvalue weighted by atomic mass is 32.2. The summed E-state index contributed by atoms with van der Waals surface area (Å²) in [5, 5.41) is 0. The van der Waals surface area contributed by atoms with Gasteiger partial charge in [0.05, 0.1) is 7.11 Å². The zero-order chi connectivity index (χ0) is 12.3. The number of methoxy groups -OCH3 is 1. The van der Waals surface area contributed by atoms with Crippen LogP contribution in [0, 0.1) is 0 Å². The van der Waals surface area contributed by atoms with Crippen LogP contribution in [0.25, 0.3) is 0 Å². The molecule has 0 aliphatic heterocycles. The molecule has 88 valence electrons. The summed E-state index contributed by atoms with van der Waals surface area (Å²) < 4.78 is 31.4. The number of anilines is 1. The average molecular weight is 244 g/mol. The van der Waals surface area contributed by atoms with Gasteiger partial charge in [-0.25, -0.2) is 0 Å². The molecule has 0 radical (unpaired) electrons. The molecule has 0 heterocycles. The number of benzene rings is 1. The first kappa shape index (κ1) is 12.1. The van der Waals surface area contributed by atoms with Crippen LogP contribution in [0.1, 0.15) is 0 Å². The largest absolute Gasteiger partial charge is 0.495 e. The second kappa shape index (κ2) is 4.27. The van der Waals surface area contributed by atoms with Crippen molar-refractivity contribution in [2.75, 3.05) is 12.8 Å². The topological polar surface area (TPSA) is 134 Å². The molecule has 1 rings (SSSR count). The van der Waals surface area contributed by atoms with E-state index >= 15 is 0 Å². The third-order valence-electron chi connectivity index (χ3n) is 1.69. The highest BCUT2D eigenvalue weighted by molar-refractivity contribution is 7.90. The lowest BCUT2D eigenvalue weighted by Crippen LogP contribution is -2.24. The number of sulfonamides is 1. The molecular formula is C8H12N4O3S. The highest BCUT2D eigenvalue weighted by Gasteiger charge is 2.18. The van der Waals surface area contributed by atoms with Crippen LogP contribution < -0.4 is 21.9 Å². The van der Waals surface area contributed by atoms with E-state index < -0.39 is 16.0 Å². The monoisotopic (exact) mass is 244 g/mol. The summed E-state index contributed by atoms with van der Waals surface area (Å²) in [6.45, 7) is 0. The lowest BCUT2D eigenvalue weighted by molar-refractivity contribution is 0.403. The minimum absolute atomic E-state index is 0.0880. The Hall–Kier alpha value is -1.96. The standard InChI is InChI=1S/C8H12N4O3S/c1-15-6-4-5(9)2-3-7(6)16(13,14)12-8(10)11/h2-4H,9H2,1H3,(H4,10,11,12). The Morgan fingerprint density at radius 2 is 2.00 bits per heavy atom. The molecule has 8 heteroatoms. The lowest BCUT2D eigenvalue weighted by Gasteiger charge is -2.07. The second-order valence-corrected chi connectivity index (χ2v) is 4.47. The average Bonchev–Trinajstić information content (AvgIpc) is 2.15. The van der Waals surface area contributed by atoms with Crippen LogP contribution >= 0.6 is 0 Å². The number of hydrogen-bond donors (Lipinski definition) is 3. The maximum absolute atomic E-state index is 11.7. The number of nitrogen functional groups attached to an aromatic ring is 1. The van der Waals surface area contributed by atoms with E-state index in [1.807, 2.05) is 0 Å². The Labute approximate surface area is 93.0 Å². The Morgan fingerprint density at radius 3 is 2.50 bits per heavy atom. The van der Waals surface area contributed by atoms with Crippen LogP contribution in [0.5, 0.6) is 5.75 Å². The van der Waals surface area contributed by atoms with Crippen molar-refractivity contribution in [2.24, 2.45) is 15.9 Å². The Bertz CT molecular complexity index is 520. The van der Waals surface area contributed by atoms with Gasteiger partial charge in [0.15, 0.2) is 0 Å². The molecule has 0 aliphatic carbocycles. The van der Waals surface area contributed by atoms with Gasteiger partial charge in [-0.3, -0.25) is 0 Å². The van der Waals surface area contributed by atoms with Gasteiger partial charge in [0.25, 0.3) is 10.0 Å². The molecule has 0 aliphatic rings. The van der Waals surface area contributed by atoms with Crippen molar-refractivity contribution >= 4 is 21.7 Å². The Kier molecular flexibility index (Phi) is 3.23. The van der Waals surface area contributed by atoms with Gasteiger partial charge in [0, 0.05) is 11.8 Å². The van der Waals surface area contributed by atoms with Crippen molar-refractivity contribution in [3.63, 3.8) is 0 Å². The van der Waals surface area contributed by atoms with Crippen LogP contribution in [0.2, 0.25) is 0 Å². The number of guanidine groups is 1. The molecule has 0 spiro atoms. The lowest BCUT2D eigenvalue weighted by atomic mass is 10.3. The van der Waals surface area contributed by atoms with Gasteiger partial charge in [-0.1, -0.05) is 0 Å². The van der Waals surface area contributed by atoms with Crippen LogP contribution in [-0.4, -0.2) is 21.5 Å². The molecule has 1 aromatic rings. The SMILES string of the molecule is COc1cc(N)ccc1S(=O)(=O)N=C(N)N. The fourth-order valence-corrected chi connectivity index (χ4v) is 2.10. The summed E-state index contributed by atoms with van der Waals surface area (Å²) in [5.74, 6) is -0.455. The predicted molar refractivity (Wildman–Crippen MR) is 60.4 cm³/mol.